The average Bonchev–Trinajstić information content (AvgIpc) is 2.88. The van der Waals surface area contributed by atoms with Gasteiger partial charge in [-0.25, -0.2) is 8.78 Å². The average molecular weight is 297 g/mol. The van der Waals surface area contributed by atoms with Crippen molar-refractivity contribution in [2.24, 2.45) is 0 Å². The van der Waals surface area contributed by atoms with E-state index >= 15 is 0 Å². The van der Waals surface area contributed by atoms with Crippen LogP contribution in [0.5, 0.6) is 5.75 Å². The number of nitrogens with one attached hydrogen (secondary N) is 1. The van der Waals surface area contributed by atoms with Crippen LogP contribution in [0.25, 0.3) is 0 Å². The van der Waals surface area contributed by atoms with Gasteiger partial charge < -0.3 is 20.7 Å². The number of anilines is 3. The van der Waals surface area contributed by atoms with Gasteiger partial charge in [0.1, 0.15) is 6.61 Å². The van der Waals surface area contributed by atoms with Gasteiger partial charge in [-0.3, -0.25) is 0 Å². The molecule has 6 nitrogen and oxygen atoms in total. The van der Waals surface area contributed by atoms with Crippen LogP contribution in [0.4, 0.5) is 26.4 Å². The molecule has 114 valence electrons. The minimum atomic E-state index is -2.62. The van der Waals surface area contributed by atoms with Crippen molar-refractivity contribution >= 4 is 17.6 Å². The minimum absolute atomic E-state index is 0.134. The van der Waals surface area contributed by atoms with E-state index in [1.807, 2.05) is 0 Å². The predicted octanol–water partition coefficient (Wildman–Crippen LogP) is 1.63. The maximum Gasteiger partial charge on any atom is 0.252 e. The lowest BCUT2D eigenvalue weighted by Crippen LogP contribution is -2.61. The molecular formula is C13H17F2N5O. The molecular weight excluding hydrogens is 280 g/mol. The normalized spacial score (nSPS) is 25.0. The van der Waals surface area contributed by atoms with E-state index < -0.39 is 11.5 Å². The molecule has 0 radical (unpaired) electrons. The Bertz CT molecular complexity index is 580. The van der Waals surface area contributed by atoms with Gasteiger partial charge in [0, 0.05) is 25.9 Å². The molecule has 1 saturated carbocycles. The zero-order chi connectivity index (χ0) is 14.7. The number of halogens is 2. The lowest BCUT2D eigenvalue weighted by atomic mass is 9.73. The Morgan fingerprint density at radius 3 is 2.57 bits per heavy atom. The van der Waals surface area contributed by atoms with Crippen molar-refractivity contribution in [1.29, 1.82) is 0 Å². The SMILES string of the molecule is Nc1nc2c(c(N3CCCC3)n1)OCC1(CC(F)(F)C1)N2. The second kappa shape index (κ2) is 4.08. The molecule has 0 unspecified atom stereocenters. The largest absolute Gasteiger partial charge is 0.484 e. The molecule has 4 rings (SSSR count). The number of ether oxygens (including phenoxy) is 1. The Morgan fingerprint density at radius 1 is 1.19 bits per heavy atom. The van der Waals surface area contributed by atoms with Gasteiger partial charge in [0.15, 0.2) is 11.6 Å². The molecule has 1 saturated heterocycles. The number of nitrogen functional groups attached to an aromatic ring is 1. The van der Waals surface area contributed by atoms with Crippen LogP contribution < -0.4 is 20.7 Å². The van der Waals surface area contributed by atoms with Crippen molar-refractivity contribution < 1.29 is 13.5 Å². The van der Waals surface area contributed by atoms with Crippen LogP contribution in [0, 0.1) is 0 Å². The van der Waals surface area contributed by atoms with Crippen molar-refractivity contribution in [2.45, 2.75) is 37.1 Å². The van der Waals surface area contributed by atoms with E-state index in [2.05, 4.69) is 20.2 Å². The number of alkyl halides is 2. The highest BCUT2D eigenvalue weighted by atomic mass is 19.3. The van der Waals surface area contributed by atoms with Crippen LogP contribution in [0.3, 0.4) is 0 Å². The summed E-state index contributed by atoms with van der Waals surface area (Å²) in [6.07, 6.45) is 1.73. The molecule has 0 bridgehead atoms. The Labute approximate surface area is 120 Å². The molecule has 21 heavy (non-hydrogen) atoms. The molecule has 8 heteroatoms. The monoisotopic (exact) mass is 297 g/mol. The first-order valence-electron chi connectivity index (χ1n) is 7.18. The fraction of sp³-hybridized carbons (Fsp3) is 0.692. The van der Waals surface area contributed by atoms with Crippen molar-refractivity contribution in [3.05, 3.63) is 0 Å². The van der Waals surface area contributed by atoms with Gasteiger partial charge >= 0.3 is 0 Å². The highest BCUT2D eigenvalue weighted by Crippen LogP contribution is 2.51. The summed E-state index contributed by atoms with van der Waals surface area (Å²) in [4.78, 5) is 10.5. The number of aromatic nitrogens is 2. The fourth-order valence-corrected chi connectivity index (χ4v) is 3.44. The number of nitrogens with two attached hydrogens (primary N) is 1. The van der Waals surface area contributed by atoms with E-state index in [4.69, 9.17) is 10.5 Å². The molecule has 3 heterocycles. The molecule has 0 atom stereocenters. The lowest BCUT2D eigenvalue weighted by molar-refractivity contribution is -0.126. The third-order valence-electron chi connectivity index (χ3n) is 4.34. The number of rotatable bonds is 1. The Balaban J connectivity index is 1.66. The van der Waals surface area contributed by atoms with Crippen LogP contribution in [0.15, 0.2) is 0 Å². The van der Waals surface area contributed by atoms with Gasteiger partial charge in [-0.1, -0.05) is 0 Å². The maximum absolute atomic E-state index is 13.2. The molecule has 1 aromatic heterocycles. The molecule has 0 aromatic carbocycles. The van der Waals surface area contributed by atoms with E-state index in [1.54, 1.807) is 0 Å². The minimum Gasteiger partial charge on any atom is -0.484 e. The fourth-order valence-electron chi connectivity index (χ4n) is 3.44. The summed E-state index contributed by atoms with van der Waals surface area (Å²) >= 11 is 0. The summed E-state index contributed by atoms with van der Waals surface area (Å²) in [5.41, 5.74) is 5.04. The van der Waals surface area contributed by atoms with Gasteiger partial charge in [0.25, 0.3) is 5.92 Å². The van der Waals surface area contributed by atoms with Crippen molar-refractivity contribution in [3.8, 4) is 5.75 Å². The lowest BCUT2D eigenvalue weighted by Gasteiger charge is -2.49. The second-order valence-electron chi connectivity index (χ2n) is 6.18. The van der Waals surface area contributed by atoms with E-state index in [0.29, 0.717) is 17.4 Å². The summed E-state index contributed by atoms with van der Waals surface area (Å²) in [6, 6.07) is 0. The molecule has 3 N–H and O–H groups in total. The number of fused-ring (bicyclic) bond motifs is 1. The predicted molar refractivity (Wildman–Crippen MR) is 73.9 cm³/mol. The van der Waals surface area contributed by atoms with Crippen molar-refractivity contribution in [1.82, 2.24) is 9.97 Å². The van der Waals surface area contributed by atoms with Gasteiger partial charge in [-0.05, 0) is 12.8 Å². The molecule has 1 aromatic rings. The Morgan fingerprint density at radius 2 is 1.90 bits per heavy atom. The summed E-state index contributed by atoms with van der Waals surface area (Å²) in [5, 5.41) is 3.11. The molecule has 0 amide bonds. The first-order chi connectivity index (χ1) is 9.96. The third-order valence-corrected chi connectivity index (χ3v) is 4.34. The first kappa shape index (κ1) is 12.8. The van der Waals surface area contributed by atoms with Crippen molar-refractivity contribution in [2.75, 3.05) is 35.6 Å². The molecule has 2 aliphatic heterocycles. The standard InChI is InChI=1S/C13H17F2N5O/c14-13(15)5-12(6-13)7-21-8-9(19-12)17-11(16)18-10(8)20-3-1-2-4-20/h1-7H2,(H3,16,17,18,19). The second-order valence-corrected chi connectivity index (χ2v) is 6.18. The number of hydrogen-bond donors (Lipinski definition) is 2. The van der Waals surface area contributed by atoms with Crippen molar-refractivity contribution in [3.63, 3.8) is 0 Å². The molecule has 3 aliphatic rings. The highest BCUT2D eigenvalue weighted by molar-refractivity contribution is 5.69. The van der Waals surface area contributed by atoms with Gasteiger partial charge in [0.05, 0.1) is 5.54 Å². The Hall–Kier alpha value is -1.86. The summed E-state index contributed by atoms with van der Waals surface area (Å²) in [6.45, 7) is 2.01. The van der Waals surface area contributed by atoms with Gasteiger partial charge in [-0.2, -0.15) is 9.97 Å². The quantitative estimate of drug-likeness (QED) is 0.820. The topological polar surface area (TPSA) is 76.3 Å². The number of nitrogens with zero attached hydrogens (tertiary/aromatic N) is 3. The molecule has 2 fully saturated rings. The number of hydrogen-bond acceptors (Lipinski definition) is 6. The summed E-state index contributed by atoms with van der Waals surface area (Å²) in [7, 11) is 0. The zero-order valence-electron chi connectivity index (χ0n) is 11.5. The van der Waals surface area contributed by atoms with Crippen LogP contribution in [0.1, 0.15) is 25.7 Å². The van der Waals surface area contributed by atoms with Crippen LogP contribution in [-0.2, 0) is 0 Å². The van der Waals surface area contributed by atoms with E-state index in [9.17, 15) is 8.78 Å². The first-order valence-corrected chi connectivity index (χ1v) is 7.18. The summed E-state index contributed by atoms with van der Waals surface area (Å²) < 4.78 is 32.1. The maximum atomic E-state index is 13.2. The van der Waals surface area contributed by atoms with Gasteiger partial charge in [0.2, 0.25) is 11.7 Å². The summed E-state index contributed by atoms with van der Waals surface area (Å²) in [5.74, 6) is -0.846. The Kier molecular flexibility index (Phi) is 2.50. The third kappa shape index (κ3) is 2.04. The van der Waals surface area contributed by atoms with E-state index in [1.165, 1.54) is 0 Å². The molecule has 1 spiro atoms. The van der Waals surface area contributed by atoms with Crippen LogP contribution >= 0.6 is 0 Å². The van der Waals surface area contributed by atoms with E-state index in [0.717, 1.165) is 25.9 Å². The van der Waals surface area contributed by atoms with Crippen LogP contribution in [-0.4, -0.2) is 41.1 Å². The zero-order valence-corrected chi connectivity index (χ0v) is 11.5. The van der Waals surface area contributed by atoms with E-state index in [-0.39, 0.29) is 25.4 Å². The van der Waals surface area contributed by atoms with Crippen LogP contribution in [0.2, 0.25) is 0 Å². The van der Waals surface area contributed by atoms with Gasteiger partial charge in [-0.15, -0.1) is 0 Å². The highest BCUT2D eigenvalue weighted by Gasteiger charge is 2.59. The molecule has 1 aliphatic carbocycles. The smallest absolute Gasteiger partial charge is 0.252 e.